The van der Waals surface area contributed by atoms with E-state index in [0.717, 1.165) is 12.1 Å². The molecule has 0 radical (unpaired) electrons. The summed E-state index contributed by atoms with van der Waals surface area (Å²) in [5.74, 6) is -5.64. The first-order valence-electron chi connectivity index (χ1n) is 8.12. The summed E-state index contributed by atoms with van der Waals surface area (Å²) in [6.07, 6.45) is 0. The topological polar surface area (TPSA) is 70.1 Å². The van der Waals surface area contributed by atoms with Gasteiger partial charge in [0.15, 0.2) is 17.5 Å². The molecule has 2 saturated heterocycles. The number of nitrogens with zero attached hydrogens (tertiary/aromatic N) is 2. The van der Waals surface area contributed by atoms with E-state index in [2.05, 4.69) is 0 Å². The Hall–Kier alpha value is -2.13. The van der Waals surface area contributed by atoms with Gasteiger partial charge in [-0.05, 0) is 17.7 Å². The van der Waals surface area contributed by atoms with Crippen LogP contribution in [-0.4, -0.2) is 66.7 Å². The van der Waals surface area contributed by atoms with Crippen LogP contribution >= 0.6 is 0 Å². The van der Waals surface area contributed by atoms with Crippen LogP contribution in [0.4, 0.5) is 13.2 Å². The van der Waals surface area contributed by atoms with Gasteiger partial charge in [-0.2, -0.15) is 0 Å². The summed E-state index contributed by atoms with van der Waals surface area (Å²) in [4.78, 5) is 27.2. The largest absolute Gasteiger partial charge is 0.481 e. The third kappa shape index (κ3) is 3.16. The molecule has 9 heteroatoms. The molecular formula is C17H19F3N2O4. The van der Waals surface area contributed by atoms with Gasteiger partial charge in [-0.25, -0.2) is 13.2 Å². The highest BCUT2D eigenvalue weighted by atomic mass is 19.2. The first-order chi connectivity index (χ1) is 12.3. The molecule has 2 aliphatic heterocycles. The number of likely N-dealkylation sites (tertiary alicyclic amines) is 2. The molecule has 1 aromatic carbocycles. The maximum atomic E-state index is 13.4. The predicted molar refractivity (Wildman–Crippen MR) is 83.6 cm³/mol. The van der Waals surface area contributed by atoms with E-state index in [9.17, 15) is 27.9 Å². The Morgan fingerprint density at radius 3 is 2.42 bits per heavy atom. The van der Waals surface area contributed by atoms with Crippen molar-refractivity contribution in [2.24, 2.45) is 11.3 Å². The minimum atomic E-state index is -1.53. The van der Waals surface area contributed by atoms with Gasteiger partial charge in [-0.1, -0.05) is 0 Å². The first-order valence-corrected chi connectivity index (χ1v) is 8.12. The van der Waals surface area contributed by atoms with Gasteiger partial charge in [-0.15, -0.1) is 0 Å². The first kappa shape index (κ1) is 18.7. The minimum Gasteiger partial charge on any atom is -0.481 e. The number of methoxy groups -OCH3 is 1. The van der Waals surface area contributed by atoms with Crippen molar-refractivity contribution in [1.82, 2.24) is 9.80 Å². The van der Waals surface area contributed by atoms with Crippen LogP contribution < -0.4 is 0 Å². The maximum absolute atomic E-state index is 13.4. The highest BCUT2D eigenvalue weighted by Gasteiger charge is 2.58. The van der Waals surface area contributed by atoms with Gasteiger partial charge in [0.05, 0.1) is 0 Å². The molecule has 2 fully saturated rings. The van der Waals surface area contributed by atoms with E-state index in [1.54, 1.807) is 4.90 Å². The highest BCUT2D eigenvalue weighted by Crippen LogP contribution is 2.43. The SMILES string of the molecule is COCC(=O)N1C[C@H]2CN(Cc3cc(F)c(F)c(F)c3)C[C@@]2(C(=O)O)C1. The van der Waals surface area contributed by atoms with Gasteiger partial charge in [0.1, 0.15) is 12.0 Å². The van der Waals surface area contributed by atoms with E-state index in [4.69, 9.17) is 4.74 Å². The zero-order valence-corrected chi connectivity index (χ0v) is 14.2. The molecule has 2 heterocycles. The van der Waals surface area contributed by atoms with Crippen molar-refractivity contribution in [3.05, 3.63) is 35.1 Å². The fraction of sp³-hybridized carbons (Fsp3) is 0.529. The second-order valence-corrected chi connectivity index (χ2v) is 6.91. The molecule has 1 aromatic rings. The molecule has 0 aliphatic carbocycles. The summed E-state index contributed by atoms with van der Waals surface area (Å²) in [5.41, 5.74) is -0.894. The zero-order chi connectivity index (χ0) is 19.1. The van der Waals surface area contributed by atoms with Crippen molar-refractivity contribution >= 4 is 11.9 Å². The van der Waals surface area contributed by atoms with Gasteiger partial charge in [-0.3, -0.25) is 14.5 Å². The summed E-state index contributed by atoms with van der Waals surface area (Å²) in [6, 6.07) is 1.82. The number of carbonyl (C=O) groups is 2. The number of carboxylic acids is 1. The number of aliphatic carboxylic acids is 1. The van der Waals surface area contributed by atoms with Crippen molar-refractivity contribution in [1.29, 1.82) is 0 Å². The minimum absolute atomic E-state index is 0.0673. The summed E-state index contributed by atoms with van der Waals surface area (Å²) < 4.78 is 44.6. The Bertz CT molecular complexity index is 722. The zero-order valence-electron chi connectivity index (χ0n) is 14.2. The Kier molecular flexibility index (Phi) is 4.94. The second-order valence-electron chi connectivity index (χ2n) is 6.91. The number of halogens is 3. The lowest BCUT2D eigenvalue weighted by Gasteiger charge is -2.25. The van der Waals surface area contributed by atoms with E-state index in [0.29, 0.717) is 6.54 Å². The van der Waals surface area contributed by atoms with Crippen LogP contribution in [0.2, 0.25) is 0 Å². The van der Waals surface area contributed by atoms with E-state index >= 15 is 0 Å². The summed E-state index contributed by atoms with van der Waals surface area (Å²) in [6.45, 7) is 0.856. The van der Waals surface area contributed by atoms with Crippen LogP contribution in [0.3, 0.4) is 0 Å². The molecule has 142 valence electrons. The Morgan fingerprint density at radius 1 is 1.23 bits per heavy atom. The molecule has 1 N–H and O–H groups in total. The van der Waals surface area contributed by atoms with Crippen molar-refractivity contribution in [2.45, 2.75) is 6.54 Å². The average molecular weight is 372 g/mol. The molecule has 0 aromatic heterocycles. The predicted octanol–water partition coefficient (Wildman–Crippen LogP) is 1.10. The van der Waals surface area contributed by atoms with Crippen molar-refractivity contribution in [2.75, 3.05) is 39.9 Å². The lowest BCUT2D eigenvalue weighted by molar-refractivity contribution is -0.149. The van der Waals surface area contributed by atoms with Crippen LogP contribution in [-0.2, 0) is 20.9 Å². The monoisotopic (exact) mass is 372 g/mol. The third-order valence-corrected chi connectivity index (χ3v) is 5.18. The number of ether oxygens (including phenoxy) is 1. The van der Waals surface area contributed by atoms with Gasteiger partial charge in [0.25, 0.3) is 0 Å². The standard InChI is InChI=1S/C17H19F3N2O4/c1-26-7-14(23)22-6-11-5-21(8-17(11,9-22)16(24)25)4-10-2-12(18)15(20)13(19)3-10/h2-3,11H,4-9H2,1H3,(H,24,25)/t11-,17-/m1/s1. The average Bonchev–Trinajstić information content (AvgIpc) is 3.07. The maximum Gasteiger partial charge on any atom is 0.313 e. The van der Waals surface area contributed by atoms with Crippen molar-refractivity contribution in [3.63, 3.8) is 0 Å². The van der Waals surface area contributed by atoms with Crippen molar-refractivity contribution < 1.29 is 32.6 Å². The van der Waals surface area contributed by atoms with Crippen LogP contribution in [0.1, 0.15) is 5.56 Å². The molecule has 2 atom stereocenters. The van der Waals surface area contributed by atoms with Crippen LogP contribution in [0.15, 0.2) is 12.1 Å². The Labute approximate surface area is 148 Å². The normalized spacial score (nSPS) is 25.5. The second kappa shape index (κ2) is 6.88. The number of carboxylic acid groups (broad SMARTS) is 1. The molecule has 6 nitrogen and oxygen atoms in total. The van der Waals surface area contributed by atoms with Crippen molar-refractivity contribution in [3.8, 4) is 0 Å². The Morgan fingerprint density at radius 2 is 1.88 bits per heavy atom. The van der Waals surface area contributed by atoms with E-state index < -0.39 is 28.8 Å². The van der Waals surface area contributed by atoms with Crippen LogP contribution in [0.5, 0.6) is 0 Å². The molecule has 0 spiro atoms. The third-order valence-electron chi connectivity index (χ3n) is 5.18. The number of amides is 1. The molecule has 0 unspecified atom stereocenters. The Balaban J connectivity index is 1.74. The van der Waals surface area contributed by atoms with Crippen LogP contribution in [0.25, 0.3) is 0 Å². The van der Waals surface area contributed by atoms with Gasteiger partial charge < -0.3 is 14.7 Å². The lowest BCUT2D eigenvalue weighted by atomic mass is 9.81. The summed E-state index contributed by atoms with van der Waals surface area (Å²) in [7, 11) is 1.39. The van der Waals surface area contributed by atoms with E-state index in [1.165, 1.54) is 12.0 Å². The molecule has 26 heavy (non-hydrogen) atoms. The summed E-state index contributed by atoms with van der Waals surface area (Å²) >= 11 is 0. The molecule has 0 saturated carbocycles. The van der Waals surface area contributed by atoms with Gasteiger partial charge >= 0.3 is 5.97 Å². The number of rotatable bonds is 5. The summed E-state index contributed by atoms with van der Waals surface area (Å²) in [5, 5.41) is 9.75. The fourth-order valence-corrected chi connectivity index (χ4v) is 3.95. The highest BCUT2D eigenvalue weighted by molar-refractivity contribution is 5.82. The quantitative estimate of drug-likeness (QED) is 0.784. The van der Waals surface area contributed by atoms with Gasteiger partial charge in [0.2, 0.25) is 5.91 Å². The molecule has 2 aliphatic rings. The van der Waals surface area contributed by atoms with Crippen LogP contribution in [0, 0.1) is 28.8 Å². The fourth-order valence-electron chi connectivity index (χ4n) is 3.95. The smallest absolute Gasteiger partial charge is 0.313 e. The number of hydrogen-bond donors (Lipinski definition) is 1. The number of carbonyl (C=O) groups excluding carboxylic acids is 1. The molecule has 1 amide bonds. The number of fused-ring (bicyclic) bond motifs is 1. The lowest BCUT2D eigenvalue weighted by Crippen LogP contribution is -2.42. The van der Waals surface area contributed by atoms with Gasteiger partial charge in [0, 0.05) is 45.8 Å². The number of benzene rings is 1. The molecule has 3 rings (SSSR count). The number of hydrogen-bond acceptors (Lipinski definition) is 4. The molecular weight excluding hydrogens is 353 g/mol. The molecule has 0 bridgehead atoms. The van der Waals surface area contributed by atoms with E-state index in [1.807, 2.05) is 0 Å². The van der Waals surface area contributed by atoms with E-state index in [-0.39, 0.29) is 50.2 Å².